The summed E-state index contributed by atoms with van der Waals surface area (Å²) in [7, 11) is 0. The fourth-order valence-corrected chi connectivity index (χ4v) is 3.14. The SMILES string of the molecule is Cc1ccc(Nc2nc(N/N=C/c3ccc(Br)cc3)nc(-n3nc(C)cc3C)n2)cc1. The van der Waals surface area contributed by atoms with Crippen molar-refractivity contribution in [3.8, 4) is 5.95 Å². The number of rotatable bonds is 6. The minimum atomic E-state index is 0.306. The Hall–Kier alpha value is -3.59. The van der Waals surface area contributed by atoms with E-state index in [2.05, 4.69) is 51.8 Å². The molecule has 4 rings (SSSR count). The van der Waals surface area contributed by atoms with Gasteiger partial charge in [-0.25, -0.2) is 10.1 Å². The summed E-state index contributed by atoms with van der Waals surface area (Å²) >= 11 is 3.42. The Morgan fingerprint density at radius 1 is 0.903 bits per heavy atom. The van der Waals surface area contributed by atoms with Gasteiger partial charge in [-0.15, -0.1) is 0 Å². The number of aromatic nitrogens is 5. The maximum absolute atomic E-state index is 4.54. The van der Waals surface area contributed by atoms with Crippen molar-refractivity contribution in [1.82, 2.24) is 24.7 Å². The first-order chi connectivity index (χ1) is 15.0. The van der Waals surface area contributed by atoms with Gasteiger partial charge >= 0.3 is 0 Å². The lowest BCUT2D eigenvalue weighted by atomic mass is 10.2. The van der Waals surface area contributed by atoms with E-state index in [0.717, 1.165) is 27.1 Å². The van der Waals surface area contributed by atoms with Crippen molar-refractivity contribution in [1.29, 1.82) is 0 Å². The lowest BCUT2D eigenvalue weighted by Crippen LogP contribution is -2.11. The van der Waals surface area contributed by atoms with Crippen LogP contribution in [0.1, 0.15) is 22.5 Å². The van der Waals surface area contributed by atoms with E-state index in [1.165, 1.54) is 5.56 Å². The molecule has 0 saturated heterocycles. The quantitative estimate of drug-likeness (QED) is 0.302. The van der Waals surface area contributed by atoms with Crippen LogP contribution in [0.15, 0.2) is 64.2 Å². The van der Waals surface area contributed by atoms with Gasteiger partial charge in [0.25, 0.3) is 5.95 Å². The highest BCUT2D eigenvalue weighted by molar-refractivity contribution is 9.10. The molecule has 0 atom stereocenters. The van der Waals surface area contributed by atoms with Crippen LogP contribution in [0.5, 0.6) is 0 Å². The second-order valence-corrected chi connectivity index (χ2v) is 7.95. The van der Waals surface area contributed by atoms with Gasteiger partial charge in [-0.3, -0.25) is 0 Å². The molecule has 0 amide bonds. The van der Waals surface area contributed by atoms with Crippen molar-refractivity contribution in [3.63, 3.8) is 0 Å². The van der Waals surface area contributed by atoms with E-state index in [0.29, 0.717) is 17.8 Å². The molecule has 2 aromatic heterocycles. The fraction of sp³-hybridized carbons (Fsp3) is 0.136. The zero-order valence-corrected chi connectivity index (χ0v) is 18.9. The van der Waals surface area contributed by atoms with Crippen LogP contribution in [0.25, 0.3) is 5.95 Å². The summed E-state index contributed by atoms with van der Waals surface area (Å²) in [5, 5.41) is 12.0. The predicted molar refractivity (Wildman–Crippen MR) is 126 cm³/mol. The Kier molecular flexibility index (Phi) is 6.03. The highest BCUT2D eigenvalue weighted by Gasteiger charge is 2.12. The highest BCUT2D eigenvalue weighted by atomic mass is 79.9. The van der Waals surface area contributed by atoms with E-state index < -0.39 is 0 Å². The molecule has 0 aliphatic heterocycles. The fourth-order valence-electron chi connectivity index (χ4n) is 2.88. The van der Waals surface area contributed by atoms with Crippen molar-refractivity contribution < 1.29 is 0 Å². The second kappa shape index (κ2) is 9.05. The van der Waals surface area contributed by atoms with Gasteiger partial charge in [0.2, 0.25) is 11.9 Å². The summed E-state index contributed by atoms with van der Waals surface area (Å²) in [6.07, 6.45) is 1.70. The predicted octanol–water partition coefficient (Wildman–Crippen LogP) is 4.93. The maximum atomic E-state index is 4.54. The van der Waals surface area contributed by atoms with Gasteiger partial charge in [-0.05, 0) is 56.7 Å². The number of nitrogens with one attached hydrogen (secondary N) is 2. The molecule has 0 bridgehead atoms. The van der Waals surface area contributed by atoms with Crippen molar-refractivity contribution in [2.75, 3.05) is 10.7 Å². The Morgan fingerprint density at radius 3 is 2.29 bits per heavy atom. The molecule has 156 valence electrons. The van der Waals surface area contributed by atoms with E-state index in [-0.39, 0.29) is 0 Å². The average Bonchev–Trinajstić information content (AvgIpc) is 3.09. The normalized spacial score (nSPS) is 11.1. The molecule has 31 heavy (non-hydrogen) atoms. The van der Waals surface area contributed by atoms with Gasteiger partial charge in [-0.2, -0.15) is 25.2 Å². The van der Waals surface area contributed by atoms with Crippen LogP contribution < -0.4 is 10.7 Å². The molecule has 2 aromatic carbocycles. The average molecular weight is 477 g/mol. The van der Waals surface area contributed by atoms with Gasteiger partial charge in [-0.1, -0.05) is 45.8 Å². The van der Waals surface area contributed by atoms with Crippen LogP contribution >= 0.6 is 15.9 Å². The Bertz CT molecular complexity index is 1210. The van der Waals surface area contributed by atoms with Gasteiger partial charge in [0.05, 0.1) is 11.9 Å². The van der Waals surface area contributed by atoms with Gasteiger partial charge in [0.15, 0.2) is 0 Å². The minimum Gasteiger partial charge on any atom is -0.324 e. The highest BCUT2D eigenvalue weighted by Crippen LogP contribution is 2.17. The molecular weight excluding hydrogens is 456 g/mol. The largest absolute Gasteiger partial charge is 0.324 e. The van der Waals surface area contributed by atoms with Crippen LogP contribution in [0.2, 0.25) is 0 Å². The molecule has 8 nitrogen and oxygen atoms in total. The molecular formula is C22H21BrN8. The van der Waals surface area contributed by atoms with E-state index in [1.54, 1.807) is 10.9 Å². The molecule has 2 heterocycles. The summed E-state index contributed by atoms with van der Waals surface area (Å²) in [6.45, 7) is 5.92. The number of anilines is 3. The molecule has 0 aliphatic rings. The zero-order valence-electron chi connectivity index (χ0n) is 17.3. The molecule has 0 unspecified atom stereocenters. The standard InChI is InChI=1S/C22H21BrN8/c1-14-4-10-19(11-5-14)25-20-26-21(29-24-13-17-6-8-18(23)9-7-17)28-22(27-20)31-16(3)12-15(2)30-31/h4-13H,1-3H3,(H2,25,26,27,28,29)/b24-13+. The summed E-state index contributed by atoms with van der Waals surface area (Å²) in [4.78, 5) is 13.5. The Balaban J connectivity index is 1.64. The maximum Gasteiger partial charge on any atom is 0.257 e. The van der Waals surface area contributed by atoms with Gasteiger partial charge < -0.3 is 5.32 Å². The third-order valence-corrected chi connectivity index (χ3v) is 4.91. The summed E-state index contributed by atoms with van der Waals surface area (Å²) in [5.74, 6) is 1.10. The first-order valence-corrected chi connectivity index (χ1v) is 10.4. The van der Waals surface area contributed by atoms with Gasteiger partial charge in [0.1, 0.15) is 0 Å². The number of benzene rings is 2. The van der Waals surface area contributed by atoms with Crippen molar-refractivity contribution >= 4 is 39.7 Å². The number of aryl methyl sites for hydroxylation is 3. The van der Waals surface area contributed by atoms with Gasteiger partial charge in [0, 0.05) is 15.9 Å². The summed E-state index contributed by atoms with van der Waals surface area (Å²) < 4.78 is 2.69. The number of halogens is 1. The number of hydrogen-bond donors (Lipinski definition) is 2. The zero-order chi connectivity index (χ0) is 21.8. The van der Waals surface area contributed by atoms with Crippen LogP contribution in [-0.2, 0) is 0 Å². The number of hydrogen-bond acceptors (Lipinski definition) is 7. The summed E-state index contributed by atoms with van der Waals surface area (Å²) in [5.41, 5.74) is 7.70. The lowest BCUT2D eigenvalue weighted by molar-refractivity contribution is 0.767. The van der Waals surface area contributed by atoms with Crippen LogP contribution in [-0.4, -0.2) is 30.9 Å². The van der Waals surface area contributed by atoms with Crippen LogP contribution in [0, 0.1) is 20.8 Å². The Labute approximate surface area is 188 Å². The lowest BCUT2D eigenvalue weighted by Gasteiger charge is -2.09. The van der Waals surface area contributed by atoms with Crippen LogP contribution in [0.4, 0.5) is 17.6 Å². The van der Waals surface area contributed by atoms with Crippen molar-refractivity contribution in [2.24, 2.45) is 5.10 Å². The molecule has 0 aliphatic carbocycles. The molecule has 0 radical (unpaired) electrons. The smallest absolute Gasteiger partial charge is 0.257 e. The summed E-state index contributed by atoms with van der Waals surface area (Å²) in [6, 6.07) is 17.8. The van der Waals surface area contributed by atoms with E-state index >= 15 is 0 Å². The minimum absolute atomic E-state index is 0.306. The molecule has 2 N–H and O–H groups in total. The first-order valence-electron chi connectivity index (χ1n) is 9.64. The molecule has 4 aromatic rings. The molecule has 0 saturated carbocycles. The molecule has 0 fully saturated rings. The number of nitrogens with zero attached hydrogens (tertiary/aromatic N) is 6. The third-order valence-electron chi connectivity index (χ3n) is 4.38. The third kappa shape index (κ3) is 5.32. The first kappa shape index (κ1) is 20.7. The van der Waals surface area contributed by atoms with E-state index in [1.807, 2.05) is 75.4 Å². The van der Waals surface area contributed by atoms with Crippen molar-refractivity contribution in [2.45, 2.75) is 20.8 Å². The Morgan fingerprint density at radius 2 is 1.61 bits per heavy atom. The van der Waals surface area contributed by atoms with Crippen molar-refractivity contribution in [3.05, 3.63) is 81.6 Å². The second-order valence-electron chi connectivity index (χ2n) is 7.03. The number of hydrazone groups is 1. The monoisotopic (exact) mass is 476 g/mol. The molecule has 0 spiro atoms. The van der Waals surface area contributed by atoms with E-state index in [4.69, 9.17) is 0 Å². The van der Waals surface area contributed by atoms with E-state index in [9.17, 15) is 0 Å². The topological polar surface area (TPSA) is 92.9 Å². The van der Waals surface area contributed by atoms with Crippen LogP contribution in [0.3, 0.4) is 0 Å². The molecule has 9 heteroatoms.